The average Bonchev–Trinajstić information content (AvgIpc) is 3.70. The second-order valence-electron chi connectivity index (χ2n) is 15.0. The topological polar surface area (TPSA) is 31.0 Å². The van der Waals surface area contributed by atoms with Gasteiger partial charge in [0.05, 0.1) is 22.3 Å². The Hall–Kier alpha value is -4.63. The Kier molecular flexibility index (Phi) is 6.24. The Balaban J connectivity index is 1.38. The van der Waals surface area contributed by atoms with E-state index in [9.17, 15) is 4.11 Å². The van der Waals surface area contributed by atoms with Gasteiger partial charge in [-0.3, -0.25) is 4.57 Å². The molecular formula is C46H48N2O. The number of aryl methyl sites for hydroxylation is 1. The number of hydrogen-bond donors (Lipinski definition) is 0. The number of para-hydroxylation sites is 3. The molecule has 0 spiro atoms. The Morgan fingerprint density at radius 1 is 0.837 bits per heavy atom. The van der Waals surface area contributed by atoms with Crippen molar-refractivity contribution in [3.8, 4) is 28.2 Å². The molecule has 1 fully saturated rings. The minimum absolute atomic E-state index is 0.207. The molecule has 1 aliphatic carbocycles. The zero-order chi connectivity index (χ0) is 39.3. The Labute approximate surface area is 299 Å². The number of nitrogens with zero attached hydrogens (tertiary/aromatic N) is 2. The van der Waals surface area contributed by atoms with E-state index in [2.05, 4.69) is 50.2 Å². The summed E-state index contributed by atoms with van der Waals surface area (Å²) in [6, 6.07) is 31.2. The lowest BCUT2D eigenvalue weighted by atomic mass is 9.71. The summed E-state index contributed by atoms with van der Waals surface area (Å²) in [6.07, 6.45) is 3.73. The fraction of sp³-hybridized carbons (Fsp3) is 0.326. The predicted molar refractivity (Wildman–Crippen MR) is 207 cm³/mol. The maximum atomic E-state index is 9.59. The molecule has 1 saturated carbocycles. The summed E-state index contributed by atoms with van der Waals surface area (Å²) in [4.78, 5) is 5.19. The molecule has 49 heavy (non-hydrogen) atoms. The number of imidazole rings is 1. The second-order valence-corrected chi connectivity index (χ2v) is 15.0. The monoisotopic (exact) mass is 650 g/mol. The van der Waals surface area contributed by atoms with Crippen molar-refractivity contribution in [2.24, 2.45) is 5.41 Å². The van der Waals surface area contributed by atoms with Gasteiger partial charge < -0.3 is 4.42 Å². The lowest BCUT2D eigenvalue weighted by Gasteiger charge is -2.34. The molecule has 3 heteroatoms. The third-order valence-corrected chi connectivity index (χ3v) is 10.6. The summed E-state index contributed by atoms with van der Waals surface area (Å²) in [5.41, 5.74) is 8.66. The van der Waals surface area contributed by atoms with Crippen LogP contribution in [0, 0.1) is 12.3 Å². The highest BCUT2D eigenvalue weighted by molar-refractivity contribution is 6.11. The van der Waals surface area contributed by atoms with Crippen LogP contribution in [0.3, 0.4) is 0 Å². The lowest BCUT2D eigenvalue weighted by Crippen LogP contribution is -2.20. The zero-order valence-electron chi connectivity index (χ0n) is 35.4. The van der Waals surface area contributed by atoms with Crippen LogP contribution in [-0.4, -0.2) is 9.55 Å². The lowest BCUT2D eigenvalue weighted by molar-refractivity contribution is 0.224. The van der Waals surface area contributed by atoms with Crippen molar-refractivity contribution in [3.63, 3.8) is 0 Å². The van der Waals surface area contributed by atoms with Crippen LogP contribution in [0.15, 0.2) is 101 Å². The predicted octanol–water partition coefficient (Wildman–Crippen LogP) is 13.5. The molecular weight excluding hydrogens is 597 g/mol. The molecule has 5 aromatic carbocycles. The molecule has 3 nitrogen and oxygen atoms in total. The first-order valence-electron chi connectivity index (χ1n) is 20.5. The summed E-state index contributed by atoms with van der Waals surface area (Å²) in [5.74, 6) is -2.28. The van der Waals surface area contributed by atoms with Gasteiger partial charge in [0.15, 0.2) is 0 Å². The number of rotatable bonds is 6. The largest absolute Gasteiger partial charge is 0.455 e. The van der Waals surface area contributed by atoms with Crippen LogP contribution in [0.5, 0.6) is 0 Å². The normalized spacial score (nSPS) is 18.5. The maximum absolute atomic E-state index is 9.59. The first kappa shape index (κ1) is 25.4. The van der Waals surface area contributed by atoms with Gasteiger partial charge in [-0.2, -0.15) is 0 Å². The molecule has 0 aliphatic heterocycles. The molecule has 2 aromatic heterocycles. The molecule has 0 N–H and O–H groups in total. The van der Waals surface area contributed by atoms with Crippen LogP contribution >= 0.6 is 0 Å². The minimum atomic E-state index is -2.38. The van der Waals surface area contributed by atoms with Gasteiger partial charge in [0.25, 0.3) is 0 Å². The van der Waals surface area contributed by atoms with E-state index in [1.165, 1.54) is 0 Å². The quantitative estimate of drug-likeness (QED) is 0.179. The maximum Gasteiger partial charge on any atom is 0.149 e. The van der Waals surface area contributed by atoms with E-state index in [0.29, 0.717) is 39.0 Å². The van der Waals surface area contributed by atoms with E-state index in [0.717, 1.165) is 64.5 Å². The highest BCUT2D eigenvalue weighted by atomic mass is 16.3. The van der Waals surface area contributed by atoms with E-state index in [1.807, 2.05) is 80.8 Å². The molecule has 8 rings (SSSR count). The van der Waals surface area contributed by atoms with E-state index in [4.69, 9.17) is 13.5 Å². The van der Waals surface area contributed by atoms with Crippen LogP contribution in [-0.2, 0) is 0 Å². The van der Waals surface area contributed by atoms with Crippen LogP contribution in [0.4, 0.5) is 0 Å². The molecule has 2 heterocycles. The molecule has 0 saturated heterocycles. The first-order chi connectivity index (χ1) is 25.8. The van der Waals surface area contributed by atoms with Crippen LogP contribution < -0.4 is 0 Å². The van der Waals surface area contributed by atoms with Gasteiger partial charge in [-0.1, -0.05) is 102 Å². The molecule has 248 valence electrons. The van der Waals surface area contributed by atoms with Gasteiger partial charge >= 0.3 is 0 Å². The van der Waals surface area contributed by atoms with Crippen molar-refractivity contribution in [1.29, 1.82) is 0 Å². The first-order valence-corrected chi connectivity index (χ1v) is 17.5. The van der Waals surface area contributed by atoms with Gasteiger partial charge in [-0.25, -0.2) is 4.98 Å². The molecule has 7 aromatic rings. The second kappa shape index (κ2) is 12.1. The number of benzene rings is 5. The van der Waals surface area contributed by atoms with E-state index >= 15 is 0 Å². The minimum Gasteiger partial charge on any atom is -0.455 e. The summed E-state index contributed by atoms with van der Waals surface area (Å²) in [5, 5.41) is 1.24. The summed E-state index contributed by atoms with van der Waals surface area (Å²) < 4.78 is 62.3. The molecule has 0 bridgehead atoms. The van der Waals surface area contributed by atoms with Crippen molar-refractivity contribution in [2.45, 2.75) is 91.8 Å². The van der Waals surface area contributed by atoms with Gasteiger partial charge in [-0.15, -0.1) is 0 Å². The SMILES string of the molecule is [2H]C([2H])([2H])c1ccc(-c2nc3ccccc3n2-c2c(C([2H])(C)C)cc(-c3ccc(C4([2H])CCC(C)(C)CC4)cc3)cc2C([2H])(C)C)c2oc3ccccc3c12. The molecule has 1 aliphatic rings. The average molecular weight is 651 g/mol. The Morgan fingerprint density at radius 3 is 2.20 bits per heavy atom. The smallest absolute Gasteiger partial charge is 0.149 e. The summed E-state index contributed by atoms with van der Waals surface area (Å²) >= 11 is 0. The van der Waals surface area contributed by atoms with Crippen molar-refractivity contribution < 1.29 is 12.6 Å². The zero-order valence-corrected chi connectivity index (χ0v) is 29.4. The van der Waals surface area contributed by atoms with E-state index in [-0.39, 0.29) is 11.0 Å². The Bertz CT molecular complexity index is 2550. The summed E-state index contributed by atoms with van der Waals surface area (Å²) in [7, 11) is 0. The van der Waals surface area contributed by atoms with Gasteiger partial charge in [0.2, 0.25) is 0 Å². The molecule has 0 amide bonds. The fourth-order valence-corrected chi connectivity index (χ4v) is 7.66. The van der Waals surface area contributed by atoms with E-state index in [1.54, 1.807) is 12.1 Å². The molecule has 0 atom stereocenters. The van der Waals surface area contributed by atoms with Crippen molar-refractivity contribution >= 4 is 33.0 Å². The molecule has 0 radical (unpaired) electrons. The van der Waals surface area contributed by atoms with Gasteiger partial charge in [0, 0.05) is 19.0 Å². The summed E-state index contributed by atoms with van der Waals surface area (Å²) in [6.45, 7) is 9.69. The van der Waals surface area contributed by atoms with Gasteiger partial charge in [-0.05, 0) is 125 Å². The number of fused-ring (bicyclic) bond motifs is 4. The number of furan rings is 1. The molecule has 0 unspecified atom stereocenters. The Morgan fingerprint density at radius 2 is 1.51 bits per heavy atom. The highest BCUT2D eigenvalue weighted by Gasteiger charge is 2.28. The van der Waals surface area contributed by atoms with Crippen molar-refractivity contribution in [1.82, 2.24) is 9.55 Å². The fourth-order valence-electron chi connectivity index (χ4n) is 7.66. The van der Waals surface area contributed by atoms with E-state index < -0.39 is 24.5 Å². The number of aromatic nitrogens is 2. The standard InChI is InChI=1S/C46H48N2O/c1-28(2)37-26-34(32-19-17-31(18-20-32)33-22-24-46(6,7)25-23-33)27-38(29(3)4)43(37)48-40-14-10-9-13-39(40)47-45(48)36-21-16-30(5)42-35-12-8-11-15-41(35)49-44(36)42/h8-21,26-29,33H,22-25H2,1-7H3/i5D3,28D,29D,33D. The van der Waals surface area contributed by atoms with Crippen LogP contribution in [0.2, 0.25) is 0 Å². The van der Waals surface area contributed by atoms with Crippen LogP contribution in [0.25, 0.3) is 61.2 Å². The van der Waals surface area contributed by atoms with Crippen molar-refractivity contribution in [2.75, 3.05) is 0 Å². The number of hydrogen-bond acceptors (Lipinski definition) is 2. The van der Waals surface area contributed by atoms with Crippen LogP contribution in [0.1, 0.15) is 115 Å². The third-order valence-electron chi connectivity index (χ3n) is 10.6. The van der Waals surface area contributed by atoms with Gasteiger partial charge in [0.1, 0.15) is 17.0 Å². The highest BCUT2D eigenvalue weighted by Crippen LogP contribution is 2.45. The van der Waals surface area contributed by atoms with Crippen molar-refractivity contribution in [3.05, 3.63) is 119 Å². The third kappa shape index (κ3) is 5.48.